The molecule has 0 spiro atoms. The third-order valence-corrected chi connectivity index (χ3v) is 2.77. The van der Waals surface area contributed by atoms with Crippen LogP contribution in [-0.4, -0.2) is 14.1 Å². The molecule has 70 valence electrons. The van der Waals surface area contributed by atoms with Crippen LogP contribution in [0.15, 0.2) is 18.2 Å². The van der Waals surface area contributed by atoms with E-state index in [0.717, 1.165) is 12.8 Å². The van der Waals surface area contributed by atoms with Gasteiger partial charge < -0.3 is 10.6 Å². The standard InChI is InChI=1S/C11H16N2/c1-13(2)9-4-5-10-8(7-9)3-6-11(10)12/h4-5,7,11H,3,6,12H2,1-2H3/t11-/m1/s1. The molecule has 1 atom stereocenters. The van der Waals surface area contributed by atoms with Gasteiger partial charge in [-0.25, -0.2) is 0 Å². The molecule has 1 aromatic carbocycles. The average molecular weight is 176 g/mol. The molecule has 0 aromatic heterocycles. The van der Waals surface area contributed by atoms with Gasteiger partial charge in [-0.2, -0.15) is 0 Å². The maximum atomic E-state index is 5.96. The van der Waals surface area contributed by atoms with Gasteiger partial charge in [0.1, 0.15) is 0 Å². The van der Waals surface area contributed by atoms with E-state index < -0.39 is 0 Å². The van der Waals surface area contributed by atoms with Crippen molar-refractivity contribution in [1.82, 2.24) is 0 Å². The summed E-state index contributed by atoms with van der Waals surface area (Å²) in [5, 5.41) is 0. The Morgan fingerprint density at radius 1 is 1.38 bits per heavy atom. The van der Waals surface area contributed by atoms with Crippen LogP contribution in [-0.2, 0) is 6.42 Å². The number of nitrogens with zero attached hydrogens (tertiary/aromatic N) is 1. The second kappa shape index (κ2) is 3.04. The van der Waals surface area contributed by atoms with Crippen LogP contribution in [0.1, 0.15) is 23.6 Å². The van der Waals surface area contributed by atoms with Crippen LogP contribution >= 0.6 is 0 Å². The Morgan fingerprint density at radius 3 is 2.85 bits per heavy atom. The smallest absolute Gasteiger partial charge is 0.0363 e. The van der Waals surface area contributed by atoms with Gasteiger partial charge in [-0.15, -0.1) is 0 Å². The molecule has 1 aliphatic rings. The number of nitrogens with two attached hydrogens (primary N) is 1. The molecule has 0 unspecified atom stereocenters. The topological polar surface area (TPSA) is 29.3 Å². The Kier molecular flexibility index (Phi) is 2.00. The summed E-state index contributed by atoms with van der Waals surface area (Å²) in [6.07, 6.45) is 2.24. The Balaban J connectivity index is 2.40. The van der Waals surface area contributed by atoms with Gasteiger partial charge in [0.05, 0.1) is 0 Å². The fourth-order valence-electron chi connectivity index (χ4n) is 1.92. The zero-order valence-electron chi connectivity index (χ0n) is 8.25. The normalized spacial score (nSPS) is 20.1. The first-order valence-corrected chi connectivity index (χ1v) is 4.74. The minimum Gasteiger partial charge on any atom is -0.378 e. The van der Waals surface area contributed by atoms with Crippen molar-refractivity contribution in [2.75, 3.05) is 19.0 Å². The molecule has 2 nitrogen and oxygen atoms in total. The highest BCUT2D eigenvalue weighted by Gasteiger charge is 2.18. The monoisotopic (exact) mass is 176 g/mol. The predicted octanol–water partition coefficient (Wildman–Crippen LogP) is 1.70. The van der Waals surface area contributed by atoms with Crippen molar-refractivity contribution in [2.45, 2.75) is 18.9 Å². The summed E-state index contributed by atoms with van der Waals surface area (Å²) in [4.78, 5) is 2.13. The van der Waals surface area contributed by atoms with Crippen LogP contribution in [0, 0.1) is 0 Å². The summed E-state index contributed by atoms with van der Waals surface area (Å²) in [6.45, 7) is 0. The Morgan fingerprint density at radius 2 is 2.15 bits per heavy atom. The summed E-state index contributed by atoms with van der Waals surface area (Å²) < 4.78 is 0. The molecular formula is C11H16N2. The van der Waals surface area contributed by atoms with Crippen LogP contribution in [0.2, 0.25) is 0 Å². The number of rotatable bonds is 1. The van der Waals surface area contributed by atoms with Crippen molar-refractivity contribution in [3.8, 4) is 0 Å². The van der Waals surface area contributed by atoms with E-state index in [1.54, 1.807) is 0 Å². The van der Waals surface area contributed by atoms with Crippen molar-refractivity contribution in [3.63, 3.8) is 0 Å². The highest BCUT2D eigenvalue weighted by Crippen LogP contribution is 2.31. The van der Waals surface area contributed by atoms with E-state index in [9.17, 15) is 0 Å². The third kappa shape index (κ3) is 1.42. The van der Waals surface area contributed by atoms with E-state index in [2.05, 4.69) is 37.2 Å². The summed E-state index contributed by atoms with van der Waals surface area (Å²) in [7, 11) is 4.13. The first-order valence-electron chi connectivity index (χ1n) is 4.74. The minimum absolute atomic E-state index is 0.270. The van der Waals surface area contributed by atoms with Gasteiger partial charge in [-0.05, 0) is 36.1 Å². The van der Waals surface area contributed by atoms with Gasteiger partial charge in [0.2, 0.25) is 0 Å². The Labute approximate surface area is 79.4 Å². The zero-order chi connectivity index (χ0) is 9.42. The second-order valence-corrected chi connectivity index (χ2v) is 3.92. The number of fused-ring (bicyclic) bond motifs is 1. The molecule has 0 bridgehead atoms. The molecule has 2 rings (SSSR count). The highest BCUT2D eigenvalue weighted by atomic mass is 15.1. The minimum atomic E-state index is 0.270. The van der Waals surface area contributed by atoms with Crippen LogP contribution in [0.3, 0.4) is 0 Å². The first kappa shape index (κ1) is 8.57. The summed E-state index contributed by atoms with van der Waals surface area (Å²) in [5.74, 6) is 0. The van der Waals surface area contributed by atoms with Gasteiger partial charge in [0.25, 0.3) is 0 Å². The highest BCUT2D eigenvalue weighted by molar-refractivity contribution is 5.51. The lowest BCUT2D eigenvalue weighted by molar-refractivity contribution is 0.713. The fourth-order valence-corrected chi connectivity index (χ4v) is 1.92. The Bertz CT molecular complexity index is 318. The number of hydrogen-bond acceptors (Lipinski definition) is 2. The Hall–Kier alpha value is -1.02. The zero-order valence-corrected chi connectivity index (χ0v) is 8.25. The van der Waals surface area contributed by atoms with Crippen molar-refractivity contribution < 1.29 is 0 Å². The molecule has 0 radical (unpaired) electrons. The SMILES string of the molecule is CN(C)c1ccc2c(c1)CC[C@H]2N. The molecule has 0 saturated heterocycles. The van der Waals surface area contributed by atoms with Crippen LogP contribution in [0.5, 0.6) is 0 Å². The van der Waals surface area contributed by atoms with E-state index in [0.29, 0.717) is 0 Å². The summed E-state index contributed by atoms with van der Waals surface area (Å²) >= 11 is 0. The lowest BCUT2D eigenvalue weighted by atomic mass is 10.1. The number of hydrogen-bond donors (Lipinski definition) is 1. The van der Waals surface area contributed by atoms with Gasteiger partial charge in [-0.1, -0.05) is 6.07 Å². The molecule has 2 heteroatoms. The molecule has 1 aromatic rings. The van der Waals surface area contributed by atoms with Crippen molar-refractivity contribution in [2.24, 2.45) is 5.73 Å². The molecule has 0 heterocycles. The van der Waals surface area contributed by atoms with E-state index >= 15 is 0 Å². The largest absolute Gasteiger partial charge is 0.378 e. The summed E-state index contributed by atoms with van der Waals surface area (Å²) in [5.41, 5.74) is 10.00. The maximum Gasteiger partial charge on any atom is 0.0363 e. The lowest BCUT2D eigenvalue weighted by Gasteiger charge is -2.14. The number of anilines is 1. The summed E-state index contributed by atoms with van der Waals surface area (Å²) in [6, 6.07) is 6.83. The maximum absolute atomic E-state index is 5.96. The van der Waals surface area contributed by atoms with Crippen molar-refractivity contribution in [1.29, 1.82) is 0 Å². The molecule has 13 heavy (non-hydrogen) atoms. The van der Waals surface area contributed by atoms with Gasteiger partial charge >= 0.3 is 0 Å². The van der Waals surface area contributed by atoms with E-state index in [1.807, 2.05) is 0 Å². The number of benzene rings is 1. The quantitative estimate of drug-likeness (QED) is 0.705. The average Bonchev–Trinajstić information content (AvgIpc) is 2.47. The van der Waals surface area contributed by atoms with E-state index in [1.165, 1.54) is 16.8 Å². The van der Waals surface area contributed by atoms with Crippen LogP contribution in [0.4, 0.5) is 5.69 Å². The van der Waals surface area contributed by atoms with Crippen LogP contribution in [0.25, 0.3) is 0 Å². The number of aryl methyl sites for hydroxylation is 1. The molecular weight excluding hydrogens is 160 g/mol. The van der Waals surface area contributed by atoms with E-state index in [4.69, 9.17) is 5.73 Å². The van der Waals surface area contributed by atoms with Crippen molar-refractivity contribution >= 4 is 5.69 Å². The van der Waals surface area contributed by atoms with Gasteiger partial charge in [-0.3, -0.25) is 0 Å². The molecule has 0 amide bonds. The molecule has 0 saturated carbocycles. The second-order valence-electron chi connectivity index (χ2n) is 3.92. The fraction of sp³-hybridized carbons (Fsp3) is 0.455. The lowest BCUT2D eigenvalue weighted by Crippen LogP contribution is -2.09. The van der Waals surface area contributed by atoms with Gasteiger partial charge in [0.15, 0.2) is 0 Å². The van der Waals surface area contributed by atoms with Crippen molar-refractivity contribution in [3.05, 3.63) is 29.3 Å². The molecule has 0 fully saturated rings. The predicted molar refractivity (Wildman–Crippen MR) is 56.0 cm³/mol. The van der Waals surface area contributed by atoms with E-state index in [-0.39, 0.29) is 6.04 Å². The third-order valence-electron chi connectivity index (χ3n) is 2.77. The molecule has 0 aliphatic heterocycles. The molecule has 2 N–H and O–H groups in total. The first-order chi connectivity index (χ1) is 6.18. The molecule has 1 aliphatic carbocycles. The van der Waals surface area contributed by atoms with Gasteiger partial charge in [0, 0.05) is 25.8 Å². The van der Waals surface area contributed by atoms with Crippen LogP contribution < -0.4 is 10.6 Å².